The molecule has 1 aromatic heterocycles. The van der Waals surface area contributed by atoms with Crippen LogP contribution in [0.25, 0.3) is 0 Å². The lowest BCUT2D eigenvalue weighted by molar-refractivity contribution is 0.0712. The lowest BCUT2D eigenvalue weighted by Gasteiger charge is -2.45. The SMILES string of the molecule is CC12NCCN1C(c1ccccc1)Cc1c2sc2c1C(=O)CC(c1ccccc1)S2. The number of Topliss-reactive ketones (excluding diaryl/α,β-unsaturated/α-hetero) is 1. The highest BCUT2D eigenvalue weighted by atomic mass is 32.2. The number of thioether (sulfide) groups is 1. The summed E-state index contributed by atoms with van der Waals surface area (Å²) in [5.74, 6) is 0.317. The molecule has 1 saturated heterocycles. The number of ketones is 1. The molecule has 1 N–H and O–H groups in total. The fourth-order valence-electron chi connectivity index (χ4n) is 5.39. The number of carbonyl (C=O) groups excluding carboxylic acids is 1. The van der Waals surface area contributed by atoms with Crippen LogP contribution < -0.4 is 5.32 Å². The molecule has 152 valence electrons. The molecule has 0 saturated carbocycles. The van der Waals surface area contributed by atoms with Crippen LogP contribution in [0.3, 0.4) is 0 Å². The number of benzene rings is 2. The van der Waals surface area contributed by atoms with Crippen LogP contribution in [0.2, 0.25) is 0 Å². The Labute approximate surface area is 185 Å². The third-order valence-electron chi connectivity index (χ3n) is 6.84. The topological polar surface area (TPSA) is 32.3 Å². The summed E-state index contributed by atoms with van der Waals surface area (Å²) in [7, 11) is 0. The maximum absolute atomic E-state index is 13.4. The van der Waals surface area contributed by atoms with Crippen LogP contribution in [-0.4, -0.2) is 23.8 Å². The Balaban J connectivity index is 1.45. The van der Waals surface area contributed by atoms with Crippen molar-refractivity contribution in [3.05, 3.63) is 87.8 Å². The Morgan fingerprint density at radius 2 is 1.70 bits per heavy atom. The summed E-state index contributed by atoms with van der Waals surface area (Å²) >= 11 is 3.74. The van der Waals surface area contributed by atoms with Gasteiger partial charge in [-0.05, 0) is 30.0 Å². The van der Waals surface area contributed by atoms with E-state index in [1.165, 1.54) is 25.8 Å². The minimum absolute atomic E-state index is 0.195. The first kappa shape index (κ1) is 18.8. The second-order valence-electron chi connectivity index (χ2n) is 8.54. The van der Waals surface area contributed by atoms with Crippen LogP contribution in [0, 0.1) is 0 Å². The van der Waals surface area contributed by atoms with Gasteiger partial charge in [-0.1, -0.05) is 60.7 Å². The van der Waals surface area contributed by atoms with Gasteiger partial charge in [-0.15, -0.1) is 23.1 Å². The predicted molar refractivity (Wildman–Crippen MR) is 123 cm³/mol. The molecule has 1 fully saturated rings. The fraction of sp³-hybridized carbons (Fsp3) is 0.320. The molecule has 6 rings (SSSR count). The number of hydrogen-bond donors (Lipinski definition) is 1. The molecule has 0 amide bonds. The van der Waals surface area contributed by atoms with Crippen molar-refractivity contribution >= 4 is 28.9 Å². The molecular weight excluding hydrogens is 408 g/mol. The molecular formula is C25H24N2OS2. The molecule has 0 aliphatic carbocycles. The summed E-state index contributed by atoms with van der Waals surface area (Å²) in [6, 6.07) is 21.6. The van der Waals surface area contributed by atoms with Crippen LogP contribution in [0.15, 0.2) is 64.9 Å². The number of nitrogens with zero attached hydrogens (tertiary/aromatic N) is 1. The highest BCUT2D eigenvalue weighted by molar-refractivity contribution is 8.01. The number of hydrogen-bond acceptors (Lipinski definition) is 5. The van der Waals surface area contributed by atoms with Crippen molar-refractivity contribution in [2.45, 2.75) is 40.9 Å². The maximum Gasteiger partial charge on any atom is 0.166 e. The van der Waals surface area contributed by atoms with E-state index in [-0.39, 0.29) is 10.9 Å². The highest BCUT2D eigenvalue weighted by Crippen LogP contribution is 2.56. The fourth-order valence-corrected chi connectivity index (χ4v) is 8.54. The van der Waals surface area contributed by atoms with Crippen molar-refractivity contribution in [2.24, 2.45) is 0 Å². The molecule has 5 heteroatoms. The third-order valence-corrected chi connectivity index (χ3v) is 9.76. The van der Waals surface area contributed by atoms with Gasteiger partial charge in [-0.2, -0.15) is 0 Å². The summed E-state index contributed by atoms with van der Waals surface area (Å²) in [6.07, 6.45) is 1.51. The molecule has 0 spiro atoms. The van der Waals surface area contributed by atoms with E-state index >= 15 is 0 Å². The second-order valence-corrected chi connectivity index (χ2v) is 11.0. The van der Waals surface area contributed by atoms with E-state index in [0.717, 1.165) is 25.1 Å². The normalized spacial score (nSPS) is 28.1. The smallest absolute Gasteiger partial charge is 0.166 e. The van der Waals surface area contributed by atoms with Crippen molar-refractivity contribution in [1.29, 1.82) is 0 Å². The van der Waals surface area contributed by atoms with Gasteiger partial charge in [-0.25, -0.2) is 0 Å². The van der Waals surface area contributed by atoms with Gasteiger partial charge in [0.2, 0.25) is 0 Å². The molecule has 0 radical (unpaired) electrons. The highest BCUT2D eigenvalue weighted by Gasteiger charge is 2.50. The van der Waals surface area contributed by atoms with Crippen LogP contribution in [0.4, 0.5) is 0 Å². The van der Waals surface area contributed by atoms with E-state index < -0.39 is 0 Å². The molecule has 3 aliphatic rings. The predicted octanol–water partition coefficient (Wildman–Crippen LogP) is 5.54. The standard InChI is InChI=1S/C25H24N2OS2/c1-25-23-18(14-19(27(25)13-12-26-25)16-8-4-2-5-9-16)22-20(28)15-21(29-24(22)30-23)17-10-6-3-7-11-17/h2-11,19,21,26H,12-15H2,1H3. The van der Waals surface area contributed by atoms with Crippen LogP contribution in [0.1, 0.15) is 56.6 Å². The number of carbonyl (C=O) groups is 1. The Kier molecular flexibility index (Phi) is 4.43. The number of rotatable bonds is 2. The van der Waals surface area contributed by atoms with E-state index in [2.05, 4.69) is 71.7 Å². The Morgan fingerprint density at radius 1 is 1.00 bits per heavy atom. The van der Waals surface area contributed by atoms with E-state index in [1.807, 2.05) is 29.2 Å². The summed E-state index contributed by atoms with van der Waals surface area (Å²) in [5.41, 5.74) is 4.71. The minimum Gasteiger partial charge on any atom is -0.294 e. The van der Waals surface area contributed by atoms with Crippen LogP contribution in [-0.2, 0) is 12.1 Å². The zero-order valence-electron chi connectivity index (χ0n) is 16.9. The summed E-state index contributed by atoms with van der Waals surface area (Å²) in [6.45, 7) is 4.32. The molecule has 3 unspecified atom stereocenters. The molecule has 3 aliphatic heterocycles. The summed E-state index contributed by atoms with van der Waals surface area (Å²) < 4.78 is 1.22. The second kappa shape index (κ2) is 7.06. The molecule has 3 nitrogen and oxygen atoms in total. The quantitative estimate of drug-likeness (QED) is 0.576. The van der Waals surface area contributed by atoms with Gasteiger partial charge in [0.25, 0.3) is 0 Å². The van der Waals surface area contributed by atoms with Gasteiger partial charge < -0.3 is 0 Å². The number of fused-ring (bicyclic) bond motifs is 5. The molecule has 2 aromatic carbocycles. The van der Waals surface area contributed by atoms with Crippen molar-refractivity contribution in [2.75, 3.05) is 13.1 Å². The lowest BCUT2D eigenvalue weighted by Crippen LogP contribution is -2.50. The van der Waals surface area contributed by atoms with Gasteiger partial charge >= 0.3 is 0 Å². The van der Waals surface area contributed by atoms with Crippen molar-refractivity contribution in [1.82, 2.24) is 10.2 Å². The van der Waals surface area contributed by atoms with Gasteiger partial charge in [0.05, 0.1) is 4.21 Å². The molecule has 3 aromatic rings. The van der Waals surface area contributed by atoms with E-state index in [9.17, 15) is 4.79 Å². The largest absolute Gasteiger partial charge is 0.294 e. The molecule has 30 heavy (non-hydrogen) atoms. The zero-order valence-corrected chi connectivity index (χ0v) is 18.6. The lowest BCUT2D eigenvalue weighted by atomic mass is 9.85. The van der Waals surface area contributed by atoms with Gasteiger partial charge in [0.1, 0.15) is 5.66 Å². The maximum atomic E-state index is 13.4. The van der Waals surface area contributed by atoms with E-state index in [1.54, 1.807) is 0 Å². The van der Waals surface area contributed by atoms with E-state index in [0.29, 0.717) is 18.2 Å². The number of thiophene rings is 1. The van der Waals surface area contributed by atoms with Crippen LogP contribution in [0.5, 0.6) is 0 Å². The first-order chi connectivity index (χ1) is 14.6. The Morgan fingerprint density at radius 3 is 2.43 bits per heavy atom. The average Bonchev–Trinajstić information content (AvgIpc) is 3.36. The van der Waals surface area contributed by atoms with Crippen molar-refractivity contribution in [3.63, 3.8) is 0 Å². The first-order valence-electron chi connectivity index (χ1n) is 10.6. The molecule has 3 atom stereocenters. The van der Waals surface area contributed by atoms with Gasteiger partial charge in [0.15, 0.2) is 5.78 Å². The average molecular weight is 433 g/mol. The Hall–Kier alpha value is -1.92. The van der Waals surface area contributed by atoms with Crippen molar-refractivity contribution in [3.8, 4) is 0 Å². The number of nitrogens with one attached hydrogen (secondary N) is 1. The zero-order chi connectivity index (χ0) is 20.3. The third kappa shape index (κ3) is 2.76. The Bertz CT molecular complexity index is 1110. The summed E-state index contributed by atoms with van der Waals surface area (Å²) in [5, 5.41) is 3.99. The monoisotopic (exact) mass is 432 g/mol. The van der Waals surface area contributed by atoms with E-state index in [4.69, 9.17) is 0 Å². The van der Waals surface area contributed by atoms with Crippen molar-refractivity contribution < 1.29 is 4.79 Å². The van der Waals surface area contributed by atoms with Crippen LogP contribution >= 0.6 is 23.1 Å². The summed E-state index contributed by atoms with van der Waals surface area (Å²) in [4.78, 5) is 17.4. The molecule has 4 heterocycles. The van der Waals surface area contributed by atoms with Gasteiger partial charge in [0, 0.05) is 41.2 Å². The van der Waals surface area contributed by atoms with Gasteiger partial charge in [-0.3, -0.25) is 15.0 Å². The first-order valence-corrected chi connectivity index (χ1v) is 12.3. The molecule has 0 bridgehead atoms. The minimum atomic E-state index is -0.195.